The highest BCUT2D eigenvalue weighted by Crippen LogP contribution is 2.48. The first-order chi connectivity index (χ1) is 8.92. The lowest BCUT2D eigenvalue weighted by Crippen LogP contribution is -2.51. The Morgan fingerprint density at radius 2 is 1.84 bits per heavy atom. The van der Waals surface area contributed by atoms with Crippen LogP contribution in [0.15, 0.2) is 28.7 Å². The highest BCUT2D eigenvalue weighted by molar-refractivity contribution is 9.10. The van der Waals surface area contributed by atoms with E-state index >= 15 is 0 Å². The maximum Gasteiger partial charge on any atom is 0.246 e. The van der Waals surface area contributed by atoms with Gasteiger partial charge in [0, 0.05) is 28.7 Å². The average molecular weight is 323 g/mol. The van der Waals surface area contributed by atoms with Crippen molar-refractivity contribution in [3.63, 3.8) is 0 Å². The number of hydrogen-bond donors (Lipinski definition) is 1. The normalized spacial score (nSPS) is 24.4. The third-order valence-corrected chi connectivity index (χ3v) is 4.80. The molecule has 1 aromatic rings. The van der Waals surface area contributed by atoms with Gasteiger partial charge < -0.3 is 10.2 Å². The van der Waals surface area contributed by atoms with E-state index in [1.807, 2.05) is 43.0 Å². The highest BCUT2D eigenvalue weighted by Gasteiger charge is 2.50. The SMILES string of the molecule is CC1(C)NCC2(CC2)CN(c2ccc(Br)cc2)C1=O. The van der Waals surface area contributed by atoms with Crippen LogP contribution in [0.4, 0.5) is 5.69 Å². The molecule has 4 heteroatoms. The van der Waals surface area contributed by atoms with Crippen molar-refractivity contribution in [3.8, 4) is 0 Å². The van der Waals surface area contributed by atoms with Crippen molar-refractivity contribution in [3.05, 3.63) is 28.7 Å². The molecule has 0 radical (unpaired) electrons. The zero-order chi connectivity index (χ0) is 13.7. The molecule has 1 spiro atoms. The van der Waals surface area contributed by atoms with Gasteiger partial charge in [0.1, 0.15) is 0 Å². The van der Waals surface area contributed by atoms with Gasteiger partial charge >= 0.3 is 0 Å². The van der Waals surface area contributed by atoms with E-state index in [2.05, 4.69) is 21.2 Å². The molecular weight excluding hydrogens is 304 g/mol. The third kappa shape index (κ3) is 2.43. The first-order valence-electron chi connectivity index (χ1n) is 6.75. The van der Waals surface area contributed by atoms with E-state index in [0.717, 1.165) is 23.2 Å². The number of nitrogens with one attached hydrogen (secondary N) is 1. The van der Waals surface area contributed by atoms with Crippen molar-refractivity contribution in [2.24, 2.45) is 5.41 Å². The van der Waals surface area contributed by atoms with Crippen molar-refractivity contribution >= 4 is 27.5 Å². The molecule has 0 bridgehead atoms. The Balaban J connectivity index is 1.96. The first-order valence-corrected chi connectivity index (χ1v) is 7.54. The van der Waals surface area contributed by atoms with Crippen molar-refractivity contribution in [1.82, 2.24) is 5.32 Å². The van der Waals surface area contributed by atoms with Crippen LogP contribution in [-0.4, -0.2) is 24.5 Å². The standard InChI is InChI=1S/C15H19BrN2O/c1-14(2)13(19)18(10-15(7-8-15)9-17-14)12-5-3-11(16)4-6-12/h3-6,17H,7-10H2,1-2H3. The Labute approximate surface area is 122 Å². The van der Waals surface area contributed by atoms with E-state index < -0.39 is 5.54 Å². The van der Waals surface area contributed by atoms with E-state index in [0.29, 0.717) is 5.41 Å². The summed E-state index contributed by atoms with van der Waals surface area (Å²) in [6.07, 6.45) is 2.44. The van der Waals surface area contributed by atoms with Crippen molar-refractivity contribution in [2.45, 2.75) is 32.2 Å². The summed E-state index contributed by atoms with van der Waals surface area (Å²) >= 11 is 3.44. The van der Waals surface area contributed by atoms with Gasteiger partial charge in [-0.15, -0.1) is 0 Å². The van der Waals surface area contributed by atoms with Crippen LogP contribution in [0.1, 0.15) is 26.7 Å². The zero-order valence-electron chi connectivity index (χ0n) is 11.4. The number of carbonyl (C=O) groups is 1. The minimum absolute atomic E-state index is 0.165. The number of anilines is 1. The van der Waals surface area contributed by atoms with E-state index in [-0.39, 0.29) is 5.91 Å². The van der Waals surface area contributed by atoms with Gasteiger partial charge in [-0.05, 0) is 51.0 Å². The molecule has 1 aromatic carbocycles. The molecule has 2 fully saturated rings. The number of carbonyl (C=O) groups excluding carboxylic acids is 1. The first kappa shape index (κ1) is 13.1. The Morgan fingerprint density at radius 1 is 1.21 bits per heavy atom. The van der Waals surface area contributed by atoms with Crippen LogP contribution in [0.2, 0.25) is 0 Å². The molecule has 19 heavy (non-hydrogen) atoms. The Morgan fingerprint density at radius 3 is 2.42 bits per heavy atom. The molecule has 0 aromatic heterocycles. The summed E-state index contributed by atoms with van der Waals surface area (Å²) in [5.41, 5.74) is 0.812. The lowest BCUT2D eigenvalue weighted by molar-refractivity contribution is -0.123. The second-order valence-electron chi connectivity index (χ2n) is 6.35. The molecular formula is C15H19BrN2O. The second kappa shape index (κ2) is 4.32. The smallest absolute Gasteiger partial charge is 0.246 e. The van der Waals surface area contributed by atoms with Gasteiger partial charge in [0.25, 0.3) is 0 Å². The maximum absolute atomic E-state index is 12.7. The molecule has 3 rings (SSSR count). The molecule has 1 saturated carbocycles. The van der Waals surface area contributed by atoms with Crippen molar-refractivity contribution < 1.29 is 4.79 Å². The van der Waals surface area contributed by atoms with Gasteiger partial charge in [0.2, 0.25) is 5.91 Å². The third-order valence-electron chi connectivity index (χ3n) is 4.27. The molecule has 102 valence electrons. The summed E-state index contributed by atoms with van der Waals surface area (Å²) in [6, 6.07) is 8.01. The lowest BCUT2D eigenvalue weighted by atomic mass is 10.0. The zero-order valence-corrected chi connectivity index (χ0v) is 13.0. The second-order valence-corrected chi connectivity index (χ2v) is 7.26. The van der Waals surface area contributed by atoms with Crippen LogP contribution in [0, 0.1) is 5.41 Å². The molecule has 1 heterocycles. The van der Waals surface area contributed by atoms with Gasteiger partial charge in [-0.3, -0.25) is 4.79 Å². The van der Waals surface area contributed by atoms with E-state index in [1.54, 1.807) is 0 Å². The summed E-state index contributed by atoms with van der Waals surface area (Å²) in [5.74, 6) is 0.165. The Kier molecular flexibility index (Phi) is 2.98. The molecule has 0 unspecified atom stereocenters. The topological polar surface area (TPSA) is 32.3 Å². The van der Waals surface area contributed by atoms with Crippen LogP contribution in [0.5, 0.6) is 0 Å². The summed E-state index contributed by atoms with van der Waals surface area (Å²) in [6.45, 7) is 5.73. The predicted octanol–water partition coefficient (Wildman–Crippen LogP) is 2.94. The average Bonchev–Trinajstić information content (AvgIpc) is 3.15. The summed E-state index contributed by atoms with van der Waals surface area (Å²) in [7, 11) is 0. The fourth-order valence-electron chi connectivity index (χ4n) is 2.63. The summed E-state index contributed by atoms with van der Waals surface area (Å²) in [4.78, 5) is 14.7. The minimum Gasteiger partial charge on any atom is -0.310 e. The van der Waals surface area contributed by atoms with Crippen LogP contribution in [0.3, 0.4) is 0 Å². The fraction of sp³-hybridized carbons (Fsp3) is 0.533. The van der Waals surface area contributed by atoms with Gasteiger partial charge in [-0.25, -0.2) is 0 Å². The highest BCUT2D eigenvalue weighted by atomic mass is 79.9. The summed E-state index contributed by atoms with van der Waals surface area (Å²) in [5, 5.41) is 3.43. The largest absolute Gasteiger partial charge is 0.310 e. The lowest BCUT2D eigenvalue weighted by Gasteiger charge is -2.29. The predicted molar refractivity (Wildman–Crippen MR) is 80.2 cm³/mol. The molecule has 1 N–H and O–H groups in total. The summed E-state index contributed by atoms with van der Waals surface area (Å²) < 4.78 is 1.04. The molecule has 3 nitrogen and oxygen atoms in total. The van der Waals surface area contributed by atoms with Crippen LogP contribution >= 0.6 is 15.9 Å². The number of halogens is 1. The molecule has 1 aliphatic heterocycles. The number of benzene rings is 1. The van der Waals surface area contributed by atoms with Crippen LogP contribution in [-0.2, 0) is 4.79 Å². The maximum atomic E-state index is 12.7. The molecule has 1 saturated heterocycles. The molecule has 0 atom stereocenters. The Bertz CT molecular complexity index is 505. The monoisotopic (exact) mass is 322 g/mol. The Hall–Kier alpha value is -0.870. The van der Waals surface area contributed by atoms with Gasteiger partial charge in [-0.1, -0.05) is 15.9 Å². The van der Waals surface area contributed by atoms with Gasteiger partial charge in [0.15, 0.2) is 0 Å². The van der Waals surface area contributed by atoms with E-state index in [9.17, 15) is 4.79 Å². The molecule has 2 aliphatic rings. The quantitative estimate of drug-likeness (QED) is 0.862. The van der Waals surface area contributed by atoms with Crippen LogP contribution in [0.25, 0.3) is 0 Å². The molecule has 1 aliphatic carbocycles. The fourth-order valence-corrected chi connectivity index (χ4v) is 2.89. The number of nitrogens with zero attached hydrogens (tertiary/aromatic N) is 1. The number of hydrogen-bond acceptors (Lipinski definition) is 2. The minimum atomic E-state index is -0.487. The van der Waals surface area contributed by atoms with E-state index in [4.69, 9.17) is 0 Å². The number of rotatable bonds is 1. The van der Waals surface area contributed by atoms with Crippen LogP contribution < -0.4 is 10.2 Å². The number of amides is 1. The van der Waals surface area contributed by atoms with Gasteiger partial charge in [-0.2, -0.15) is 0 Å². The van der Waals surface area contributed by atoms with Gasteiger partial charge in [0.05, 0.1) is 5.54 Å². The van der Waals surface area contributed by atoms with Crippen molar-refractivity contribution in [2.75, 3.05) is 18.0 Å². The van der Waals surface area contributed by atoms with Crippen molar-refractivity contribution in [1.29, 1.82) is 0 Å². The van der Waals surface area contributed by atoms with E-state index in [1.165, 1.54) is 12.8 Å². The molecule has 1 amide bonds.